The lowest BCUT2D eigenvalue weighted by Crippen LogP contribution is -2.30. The number of hydrogen-bond acceptors (Lipinski definition) is 3. The highest BCUT2D eigenvalue weighted by Gasteiger charge is 2.26. The third-order valence-corrected chi connectivity index (χ3v) is 5.05. The maximum Gasteiger partial charge on any atom is 0.172 e. The number of rotatable bonds is 4. The van der Waals surface area contributed by atoms with Gasteiger partial charge in [-0.3, -0.25) is 0 Å². The number of ether oxygens (including phenoxy) is 1. The first-order chi connectivity index (χ1) is 10.7. The van der Waals surface area contributed by atoms with Gasteiger partial charge in [0.25, 0.3) is 0 Å². The summed E-state index contributed by atoms with van der Waals surface area (Å²) in [6, 6.07) is 12.7. The van der Waals surface area contributed by atoms with Gasteiger partial charge < -0.3 is 15.2 Å². The molecule has 0 spiro atoms. The van der Waals surface area contributed by atoms with E-state index in [0.717, 1.165) is 30.3 Å². The molecule has 0 aliphatic carbocycles. The van der Waals surface area contributed by atoms with Gasteiger partial charge in [-0.2, -0.15) is 0 Å². The summed E-state index contributed by atoms with van der Waals surface area (Å²) in [5.74, 6) is 0.726. The number of benzene rings is 2. The number of hydrogen-bond donors (Lipinski definition) is 2. The zero-order valence-corrected chi connectivity index (χ0v) is 14.2. The molecule has 0 radical (unpaired) electrons. The minimum absolute atomic E-state index is 0.190. The highest BCUT2D eigenvalue weighted by molar-refractivity contribution is 9.10. The van der Waals surface area contributed by atoms with Gasteiger partial charge in [0, 0.05) is 6.04 Å². The van der Waals surface area contributed by atoms with Gasteiger partial charge in [0.1, 0.15) is 0 Å². The Bertz CT molecular complexity index is 658. The Morgan fingerprint density at radius 1 is 1.32 bits per heavy atom. The molecule has 0 amide bonds. The van der Waals surface area contributed by atoms with E-state index in [1.807, 2.05) is 12.1 Å². The molecule has 1 aliphatic heterocycles. The zero-order valence-electron chi connectivity index (χ0n) is 12.6. The molecule has 1 heterocycles. The number of fused-ring (bicyclic) bond motifs is 1. The third-order valence-electron chi connectivity index (χ3n) is 4.25. The fraction of sp³-hybridized carbons (Fsp3) is 0.333. The topological polar surface area (TPSA) is 41.5 Å². The Morgan fingerprint density at radius 2 is 2.09 bits per heavy atom. The predicted octanol–water partition coefficient (Wildman–Crippen LogP) is 3.98. The van der Waals surface area contributed by atoms with Crippen LogP contribution in [0.15, 0.2) is 40.9 Å². The van der Waals surface area contributed by atoms with Crippen molar-refractivity contribution in [1.82, 2.24) is 5.32 Å². The van der Waals surface area contributed by atoms with Crippen LogP contribution in [0.5, 0.6) is 11.5 Å². The van der Waals surface area contributed by atoms with Crippen LogP contribution in [0.2, 0.25) is 0 Å². The summed E-state index contributed by atoms with van der Waals surface area (Å²) in [6.45, 7) is 0.951. The van der Waals surface area contributed by atoms with Crippen LogP contribution < -0.4 is 10.1 Å². The molecule has 0 saturated carbocycles. The van der Waals surface area contributed by atoms with E-state index in [-0.39, 0.29) is 11.8 Å². The van der Waals surface area contributed by atoms with E-state index in [9.17, 15) is 5.11 Å². The second-order valence-electron chi connectivity index (χ2n) is 5.60. The van der Waals surface area contributed by atoms with Crippen molar-refractivity contribution in [2.24, 2.45) is 0 Å². The van der Waals surface area contributed by atoms with Crippen LogP contribution in [-0.2, 0) is 12.8 Å². The lowest BCUT2D eigenvalue weighted by molar-refractivity contribution is 0.367. The van der Waals surface area contributed by atoms with Gasteiger partial charge in [0.05, 0.1) is 11.6 Å². The molecule has 3 nitrogen and oxygen atoms in total. The van der Waals surface area contributed by atoms with Crippen LogP contribution in [0, 0.1) is 0 Å². The van der Waals surface area contributed by atoms with E-state index < -0.39 is 0 Å². The van der Waals surface area contributed by atoms with E-state index in [2.05, 4.69) is 45.5 Å². The molecule has 2 aromatic carbocycles. The van der Waals surface area contributed by atoms with E-state index in [1.54, 1.807) is 7.11 Å². The molecule has 116 valence electrons. The highest BCUT2D eigenvalue weighted by atomic mass is 79.9. The molecule has 1 atom stereocenters. The third kappa shape index (κ3) is 2.99. The van der Waals surface area contributed by atoms with E-state index in [0.29, 0.717) is 5.75 Å². The Balaban J connectivity index is 1.86. The van der Waals surface area contributed by atoms with Gasteiger partial charge >= 0.3 is 0 Å². The summed E-state index contributed by atoms with van der Waals surface area (Å²) in [5, 5.41) is 13.8. The summed E-state index contributed by atoms with van der Waals surface area (Å²) in [5.41, 5.74) is 3.75. The zero-order chi connectivity index (χ0) is 15.5. The normalized spacial score (nSPS) is 17.1. The fourth-order valence-corrected chi connectivity index (χ4v) is 3.83. The van der Waals surface area contributed by atoms with Crippen molar-refractivity contribution in [3.63, 3.8) is 0 Å². The quantitative estimate of drug-likeness (QED) is 0.865. The molecule has 2 aromatic rings. The Labute approximate surface area is 139 Å². The molecule has 3 rings (SSSR count). The fourth-order valence-electron chi connectivity index (χ4n) is 3.11. The van der Waals surface area contributed by atoms with Crippen molar-refractivity contribution in [1.29, 1.82) is 0 Å². The first-order valence-electron chi connectivity index (χ1n) is 7.56. The van der Waals surface area contributed by atoms with Gasteiger partial charge in [-0.05, 0) is 64.5 Å². The summed E-state index contributed by atoms with van der Waals surface area (Å²) >= 11 is 3.55. The molecular weight excluding hydrogens is 342 g/mol. The average molecular weight is 362 g/mol. The average Bonchev–Trinajstić information content (AvgIpc) is 2.57. The van der Waals surface area contributed by atoms with Crippen molar-refractivity contribution in [2.45, 2.75) is 25.3 Å². The Kier molecular flexibility index (Phi) is 4.69. The minimum atomic E-state index is 0.190. The predicted molar refractivity (Wildman–Crippen MR) is 91.6 cm³/mol. The van der Waals surface area contributed by atoms with Gasteiger partial charge in [0.2, 0.25) is 0 Å². The maximum atomic E-state index is 10.3. The number of phenolic OH excluding ortho intramolecular Hbond substituents is 1. The second-order valence-corrected chi connectivity index (χ2v) is 6.39. The van der Waals surface area contributed by atoms with Crippen LogP contribution >= 0.6 is 15.9 Å². The molecular formula is C18H20BrNO2. The lowest BCUT2D eigenvalue weighted by atomic mass is 9.90. The SMILES string of the molecule is COc1cc2c(c(Br)c1O)C(CCc1ccccc1)NCC2. The monoisotopic (exact) mass is 361 g/mol. The van der Waals surface area contributed by atoms with Gasteiger partial charge in [-0.1, -0.05) is 30.3 Å². The molecule has 4 heteroatoms. The van der Waals surface area contributed by atoms with Crippen LogP contribution in [0.25, 0.3) is 0 Å². The number of aryl methyl sites for hydroxylation is 1. The van der Waals surface area contributed by atoms with E-state index >= 15 is 0 Å². The van der Waals surface area contributed by atoms with Crippen molar-refractivity contribution < 1.29 is 9.84 Å². The molecule has 1 unspecified atom stereocenters. The standard InChI is InChI=1S/C18H20BrNO2/c1-22-15-11-13-9-10-20-14(16(13)17(19)18(15)21)8-7-12-5-3-2-4-6-12/h2-6,11,14,20-21H,7-10H2,1H3. The smallest absolute Gasteiger partial charge is 0.172 e. The minimum Gasteiger partial charge on any atom is -0.503 e. The molecule has 2 N–H and O–H groups in total. The second kappa shape index (κ2) is 6.71. The van der Waals surface area contributed by atoms with Crippen molar-refractivity contribution in [3.8, 4) is 11.5 Å². The maximum absolute atomic E-state index is 10.3. The summed E-state index contributed by atoms with van der Waals surface area (Å²) in [7, 11) is 1.59. The van der Waals surface area contributed by atoms with Crippen LogP contribution in [0.3, 0.4) is 0 Å². The van der Waals surface area contributed by atoms with Crippen molar-refractivity contribution in [2.75, 3.05) is 13.7 Å². The summed E-state index contributed by atoms with van der Waals surface area (Å²) in [6.07, 6.45) is 2.96. The molecule has 0 aromatic heterocycles. The number of nitrogens with one attached hydrogen (secondary N) is 1. The van der Waals surface area contributed by atoms with Gasteiger partial charge in [0.15, 0.2) is 11.5 Å². The van der Waals surface area contributed by atoms with Crippen molar-refractivity contribution in [3.05, 3.63) is 57.6 Å². The van der Waals surface area contributed by atoms with Gasteiger partial charge in [-0.15, -0.1) is 0 Å². The number of halogens is 1. The summed E-state index contributed by atoms with van der Waals surface area (Å²) < 4.78 is 6.01. The molecule has 0 fully saturated rings. The first kappa shape index (κ1) is 15.4. The first-order valence-corrected chi connectivity index (χ1v) is 8.35. The number of aromatic hydroxyl groups is 1. The van der Waals surface area contributed by atoms with Gasteiger partial charge in [-0.25, -0.2) is 0 Å². The number of phenols is 1. The van der Waals surface area contributed by atoms with Crippen LogP contribution in [-0.4, -0.2) is 18.8 Å². The van der Waals surface area contributed by atoms with Crippen LogP contribution in [0.1, 0.15) is 29.2 Å². The Morgan fingerprint density at radius 3 is 2.82 bits per heavy atom. The molecule has 0 saturated heterocycles. The van der Waals surface area contributed by atoms with Crippen LogP contribution in [0.4, 0.5) is 0 Å². The van der Waals surface area contributed by atoms with E-state index in [1.165, 1.54) is 16.7 Å². The summed E-state index contributed by atoms with van der Waals surface area (Å²) in [4.78, 5) is 0. The largest absolute Gasteiger partial charge is 0.503 e. The Hall–Kier alpha value is -1.52. The molecule has 0 bridgehead atoms. The molecule has 1 aliphatic rings. The van der Waals surface area contributed by atoms with E-state index in [4.69, 9.17) is 4.74 Å². The molecule has 22 heavy (non-hydrogen) atoms. The highest BCUT2D eigenvalue weighted by Crippen LogP contribution is 2.43. The number of methoxy groups -OCH3 is 1. The van der Waals surface area contributed by atoms with Crippen molar-refractivity contribution >= 4 is 15.9 Å². The lowest BCUT2D eigenvalue weighted by Gasteiger charge is -2.29.